The first kappa shape index (κ1) is 23.3. The van der Waals surface area contributed by atoms with Crippen LogP contribution in [0.2, 0.25) is 0 Å². The molecule has 1 aromatic carbocycles. The highest BCUT2D eigenvalue weighted by Gasteiger charge is 2.57. The van der Waals surface area contributed by atoms with Crippen molar-refractivity contribution in [3.05, 3.63) is 53.6 Å². The van der Waals surface area contributed by atoms with Gasteiger partial charge in [0, 0.05) is 22.4 Å². The summed E-state index contributed by atoms with van der Waals surface area (Å²) in [6, 6.07) is 6.56. The van der Waals surface area contributed by atoms with Crippen molar-refractivity contribution < 1.29 is 31.8 Å². The predicted molar refractivity (Wildman–Crippen MR) is 115 cm³/mol. The monoisotopic (exact) mass is 484 g/mol. The molecule has 1 amide bonds. The zero-order valence-electron chi connectivity index (χ0n) is 17.4. The van der Waals surface area contributed by atoms with Crippen LogP contribution in [0.15, 0.2) is 41.5 Å². The van der Waals surface area contributed by atoms with Gasteiger partial charge in [-0.3, -0.25) is 4.79 Å². The lowest BCUT2D eigenvalue weighted by Gasteiger charge is -2.42. The van der Waals surface area contributed by atoms with Crippen LogP contribution in [0.4, 0.5) is 23.2 Å². The Bertz CT molecular complexity index is 1100. The molecule has 0 radical (unpaired) electrons. The van der Waals surface area contributed by atoms with Crippen molar-refractivity contribution in [2.24, 2.45) is 16.1 Å². The van der Waals surface area contributed by atoms with E-state index in [1.807, 2.05) is 6.92 Å². The van der Waals surface area contributed by atoms with Gasteiger partial charge in [-0.15, -0.1) is 0 Å². The Morgan fingerprint density at radius 3 is 2.79 bits per heavy atom. The van der Waals surface area contributed by atoms with E-state index in [0.29, 0.717) is 23.2 Å². The minimum atomic E-state index is -4.48. The van der Waals surface area contributed by atoms with E-state index in [4.69, 9.17) is 10.5 Å². The van der Waals surface area contributed by atoms with Gasteiger partial charge in [0.15, 0.2) is 11.8 Å². The Morgan fingerprint density at radius 1 is 1.30 bits per heavy atom. The number of benzene rings is 1. The van der Waals surface area contributed by atoms with Gasteiger partial charge in [0.25, 0.3) is 5.91 Å². The maximum Gasteiger partial charge on any atom is 0.422 e. The first-order chi connectivity index (χ1) is 15.5. The number of alkyl halides is 3. The molecule has 2 aliphatic rings. The Kier molecular flexibility index (Phi) is 5.99. The van der Waals surface area contributed by atoms with E-state index in [-0.39, 0.29) is 23.6 Å². The van der Waals surface area contributed by atoms with Crippen molar-refractivity contribution in [2.75, 3.05) is 30.9 Å². The minimum absolute atomic E-state index is 0.0521. The molecule has 33 heavy (non-hydrogen) atoms. The van der Waals surface area contributed by atoms with Gasteiger partial charge in [0.1, 0.15) is 22.8 Å². The van der Waals surface area contributed by atoms with Crippen molar-refractivity contribution >= 4 is 28.5 Å². The number of hydrogen-bond acceptors (Lipinski definition) is 7. The zero-order chi connectivity index (χ0) is 23.9. The predicted octanol–water partition coefficient (Wildman–Crippen LogP) is 3.71. The Balaban J connectivity index is 1.55. The molecule has 0 spiro atoms. The molecule has 3 N–H and O–H groups in total. The number of carbonyl (C=O) groups is 1. The SMILES string of the molecule is C[C@@]12COC[C@]1(c1cc(NC(=O)c3ccc(OCC(F)(F)F)cn3)ccc1F)N=C(N)SC2. The number of amides is 1. The third-order valence-electron chi connectivity index (χ3n) is 5.61. The van der Waals surface area contributed by atoms with Gasteiger partial charge >= 0.3 is 6.18 Å². The number of fused-ring (bicyclic) bond motifs is 1. The molecule has 3 heterocycles. The molecule has 1 fully saturated rings. The number of halogens is 4. The largest absolute Gasteiger partial charge is 0.483 e. The van der Waals surface area contributed by atoms with E-state index in [9.17, 15) is 22.4 Å². The van der Waals surface area contributed by atoms with E-state index in [0.717, 1.165) is 6.20 Å². The highest BCUT2D eigenvalue weighted by atomic mass is 32.2. The molecule has 0 unspecified atom stereocenters. The van der Waals surface area contributed by atoms with Gasteiger partial charge in [-0.05, 0) is 30.3 Å². The van der Waals surface area contributed by atoms with Crippen LogP contribution < -0.4 is 15.8 Å². The molecule has 12 heteroatoms. The fourth-order valence-electron chi connectivity index (χ4n) is 3.84. The highest BCUT2D eigenvalue weighted by Crippen LogP contribution is 2.53. The maximum absolute atomic E-state index is 15.0. The van der Waals surface area contributed by atoms with Crippen LogP contribution in [-0.4, -0.2) is 47.8 Å². The number of amidine groups is 1. The Morgan fingerprint density at radius 2 is 2.09 bits per heavy atom. The summed E-state index contributed by atoms with van der Waals surface area (Å²) < 4.78 is 62.0. The van der Waals surface area contributed by atoms with Gasteiger partial charge in [0.05, 0.1) is 19.4 Å². The summed E-state index contributed by atoms with van der Waals surface area (Å²) in [5, 5.41) is 2.96. The Labute approximate surface area is 190 Å². The second-order valence-electron chi connectivity index (χ2n) is 8.08. The molecule has 4 rings (SSSR count). The second kappa shape index (κ2) is 8.49. The third kappa shape index (κ3) is 4.62. The molecule has 0 aliphatic carbocycles. The van der Waals surface area contributed by atoms with Crippen LogP contribution in [0.1, 0.15) is 23.0 Å². The maximum atomic E-state index is 15.0. The topological polar surface area (TPSA) is 98.8 Å². The molecule has 1 saturated heterocycles. The summed E-state index contributed by atoms with van der Waals surface area (Å²) in [7, 11) is 0. The number of aliphatic imine (C=N–C) groups is 1. The van der Waals surface area contributed by atoms with Crippen LogP contribution in [-0.2, 0) is 10.3 Å². The van der Waals surface area contributed by atoms with Gasteiger partial charge in [-0.2, -0.15) is 13.2 Å². The number of nitrogens with two attached hydrogens (primary N) is 1. The van der Waals surface area contributed by atoms with Gasteiger partial charge in [-0.1, -0.05) is 18.7 Å². The molecular formula is C21H20F4N4O3S. The normalized spacial score (nSPS) is 24.7. The number of hydrogen-bond donors (Lipinski definition) is 2. The van der Waals surface area contributed by atoms with Crippen LogP contribution in [0.5, 0.6) is 5.75 Å². The van der Waals surface area contributed by atoms with Crippen molar-refractivity contribution in [3.63, 3.8) is 0 Å². The number of ether oxygens (including phenoxy) is 2. The first-order valence-corrected chi connectivity index (χ1v) is 10.8. The lowest BCUT2D eigenvalue weighted by molar-refractivity contribution is -0.153. The van der Waals surface area contributed by atoms with Gasteiger partial charge in [-0.25, -0.2) is 14.4 Å². The average Bonchev–Trinajstić information content (AvgIpc) is 3.10. The van der Waals surface area contributed by atoms with E-state index in [2.05, 4.69) is 20.0 Å². The molecule has 176 valence electrons. The van der Waals surface area contributed by atoms with E-state index in [1.54, 1.807) is 0 Å². The van der Waals surface area contributed by atoms with Crippen LogP contribution in [0.25, 0.3) is 0 Å². The number of anilines is 1. The van der Waals surface area contributed by atoms with Crippen molar-refractivity contribution in [1.82, 2.24) is 4.98 Å². The molecule has 2 aliphatic heterocycles. The molecule has 0 saturated carbocycles. The number of carbonyl (C=O) groups excluding carboxylic acids is 1. The summed E-state index contributed by atoms with van der Waals surface area (Å²) in [6.45, 7) is 1.04. The highest BCUT2D eigenvalue weighted by molar-refractivity contribution is 8.13. The van der Waals surface area contributed by atoms with E-state index >= 15 is 0 Å². The van der Waals surface area contributed by atoms with Crippen molar-refractivity contribution in [2.45, 2.75) is 18.6 Å². The minimum Gasteiger partial charge on any atom is -0.483 e. The fourth-order valence-corrected chi connectivity index (χ4v) is 4.85. The Hall–Kier alpha value is -2.86. The molecular weight excluding hydrogens is 464 g/mol. The molecule has 0 bridgehead atoms. The lowest BCUT2D eigenvalue weighted by Crippen LogP contribution is -2.48. The zero-order valence-corrected chi connectivity index (χ0v) is 18.2. The van der Waals surface area contributed by atoms with E-state index < -0.39 is 35.5 Å². The number of thioether (sulfide) groups is 1. The number of rotatable bonds is 5. The van der Waals surface area contributed by atoms with Gasteiger partial charge < -0.3 is 20.5 Å². The van der Waals surface area contributed by atoms with Crippen LogP contribution >= 0.6 is 11.8 Å². The third-order valence-corrected chi connectivity index (χ3v) is 6.78. The number of nitrogens with zero attached hydrogens (tertiary/aromatic N) is 2. The molecule has 1 aromatic heterocycles. The smallest absolute Gasteiger partial charge is 0.422 e. The summed E-state index contributed by atoms with van der Waals surface area (Å²) in [6.07, 6.45) is -3.46. The first-order valence-electron chi connectivity index (χ1n) is 9.84. The molecule has 2 atom stereocenters. The molecule has 2 aromatic rings. The number of aromatic nitrogens is 1. The fraction of sp³-hybridized carbons (Fsp3) is 0.381. The van der Waals surface area contributed by atoms with Crippen LogP contribution in [0, 0.1) is 11.2 Å². The summed E-state index contributed by atoms with van der Waals surface area (Å²) in [5.74, 6) is -0.652. The summed E-state index contributed by atoms with van der Waals surface area (Å²) in [4.78, 5) is 21.0. The average molecular weight is 484 g/mol. The van der Waals surface area contributed by atoms with Crippen LogP contribution in [0.3, 0.4) is 0 Å². The van der Waals surface area contributed by atoms with E-state index in [1.165, 1.54) is 42.1 Å². The lowest BCUT2D eigenvalue weighted by atomic mass is 9.70. The van der Waals surface area contributed by atoms with Gasteiger partial charge in [0.2, 0.25) is 0 Å². The van der Waals surface area contributed by atoms with Crippen molar-refractivity contribution in [3.8, 4) is 5.75 Å². The molecule has 7 nitrogen and oxygen atoms in total. The quantitative estimate of drug-likeness (QED) is 0.628. The number of pyridine rings is 1. The summed E-state index contributed by atoms with van der Waals surface area (Å²) in [5.41, 5.74) is 4.95. The second-order valence-corrected chi connectivity index (χ2v) is 9.08. The summed E-state index contributed by atoms with van der Waals surface area (Å²) >= 11 is 1.39. The van der Waals surface area contributed by atoms with Crippen molar-refractivity contribution in [1.29, 1.82) is 0 Å². The standard InChI is InChI=1S/C21H20F4N4O3S/c1-19-8-31-9-20(19,29-18(26)33-11-19)14-6-12(2-4-15(14)22)28-17(30)16-5-3-13(7-27-16)32-10-21(23,24)25/h2-7H,8-11H2,1H3,(H2,26,29)(H,28,30)/t19-,20+/m0/s1. The number of nitrogens with one attached hydrogen (secondary N) is 1.